The summed E-state index contributed by atoms with van der Waals surface area (Å²) in [4.78, 5) is 14.9. The first-order valence-electron chi connectivity index (χ1n) is 5.90. The SMILES string of the molecule is CCS(=O)(=O)Cc1ccccc1-c1nc(C(=O)O)cs1. The van der Waals surface area contributed by atoms with Gasteiger partial charge >= 0.3 is 5.97 Å². The van der Waals surface area contributed by atoms with Crippen molar-refractivity contribution in [1.29, 1.82) is 0 Å². The lowest BCUT2D eigenvalue weighted by molar-refractivity contribution is 0.0691. The second-order valence-electron chi connectivity index (χ2n) is 4.18. The molecule has 0 saturated heterocycles. The molecule has 0 saturated carbocycles. The molecule has 0 radical (unpaired) electrons. The summed E-state index contributed by atoms with van der Waals surface area (Å²) < 4.78 is 23.5. The lowest BCUT2D eigenvalue weighted by Gasteiger charge is -2.06. The van der Waals surface area contributed by atoms with Gasteiger partial charge in [0.2, 0.25) is 0 Å². The summed E-state index contributed by atoms with van der Waals surface area (Å²) >= 11 is 1.19. The van der Waals surface area contributed by atoms with Gasteiger partial charge in [0.05, 0.1) is 5.75 Å². The zero-order chi connectivity index (χ0) is 14.8. The molecule has 0 aliphatic carbocycles. The Kier molecular flexibility index (Phi) is 4.20. The standard InChI is InChI=1S/C13H13NO4S2/c1-2-20(17,18)8-9-5-3-4-6-10(9)12-14-11(7-19-12)13(15)16/h3-7H,2,8H2,1H3,(H,15,16). The van der Waals surface area contributed by atoms with Gasteiger partial charge < -0.3 is 5.11 Å². The van der Waals surface area contributed by atoms with Gasteiger partial charge in [-0.25, -0.2) is 18.2 Å². The molecule has 1 aromatic carbocycles. The third kappa shape index (κ3) is 3.23. The van der Waals surface area contributed by atoms with Crippen LogP contribution in [0.25, 0.3) is 10.6 Å². The van der Waals surface area contributed by atoms with Gasteiger partial charge in [-0.1, -0.05) is 31.2 Å². The molecule has 1 N–H and O–H groups in total. The normalized spacial score (nSPS) is 11.4. The Bertz CT molecular complexity index is 734. The monoisotopic (exact) mass is 311 g/mol. The Morgan fingerprint density at radius 3 is 2.65 bits per heavy atom. The van der Waals surface area contributed by atoms with E-state index in [1.54, 1.807) is 31.2 Å². The van der Waals surface area contributed by atoms with Crippen molar-refractivity contribution < 1.29 is 18.3 Å². The van der Waals surface area contributed by atoms with E-state index in [-0.39, 0.29) is 17.2 Å². The van der Waals surface area contributed by atoms with Gasteiger partial charge in [0.1, 0.15) is 5.01 Å². The summed E-state index contributed by atoms with van der Waals surface area (Å²) in [7, 11) is -3.15. The molecule has 106 valence electrons. The molecule has 0 bridgehead atoms. The van der Waals surface area contributed by atoms with E-state index in [9.17, 15) is 13.2 Å². The predicted octanol–water partition coefficient (Wildman–Crippen LogP) is 2.44. The van der Waals surface area contributed by atoms with Crippen LogP contribution in [0.3, 0.4) is 0 Å². The molecule has 0 amide bonds. The Morgan fingerprint density at radius 2 is 2.05 bits per heavy atom. The van der Waals surface area contributed by atoms with Gasteiger partial charge in [-0.15, -0.1) is 11.3 Å². The minimum Gasteiger partial charge on any atom is -0.476 e. The van der Waals surface area contributed by atoms with Crippen molar-refractivity contribution in [3.8, 4) is 10.6 Å². The van der Waals surface area contributed by atoms with Crippen molar-refractivity contribution in [1.82, 2.24) is 4.98 Å². The second-order valence-corrected chi connectivity index (χ2v) is 7.39. The van der Waals surface area contributed by atoms with Crippen LogP contribution in [-0.4, -0.2) is 30.2 Å². The molecule has 20 heavy (non-hydrogen) atoms. The number of carboxylic acid groups (broad SMARTS) is 1. The van der Waals surface area contributed by atoms with Crippen molar-refractivity contribution in [3.63, 3.8) is 0 Å². The molecule has 0 atom stereocenters. The fourth-order valence-electron chi connectivity index (χ4n) is 1.69. The Balaban J connectivity index is 2.44. The highest BCUT2D eigenvalue weighted by Crippen LogP contribution is 2.28. The number of sulfone groups is 1. The van der Waals surface area contributed by atoms with Crippen LogP contribution >= 0.6 is 11.3 Å². The number of nitrogens with zero attached hydrogens (tertiary/aromatic N) is 1. The van der Waals surface area contributed by atoms with Crippen LogP contribution in [0.4, 0.5) is 0 Å². The van der Waals surface area contributed by atoms with Crippen LogP contribution in [0.1, 0.15) is 23.0 Å². The first-order chi connectivity index (χ1) is 9.43. The van der Waals surface area contributed by atoms with E-state index >= 15 is 0 Å². The fourth-order valence-corrected chi connectivity index (χ4v) is 3.47. The second kappa shape index (κ2) is 5.72. The van der Waals surface area contributed by atoms with Crippen LogP contribution in [-0.2, 0) is 15.6 Å². The van der Waals surface area contributed by atoms with Crippen LogP contribution < -0.4 is 0 Å². The molecule has 0 aliphatic rings. The van der Waals surface area contributed by atoms with Crippen LogP contribution in [0, 0.1) is 0 Å². The smallest absolute Gasteiger partial charge is 0.355 e. The molecule has 2 aromatic rings. The summed E-state index contributed by atoms with van der Waals surface area (Å²) in [5, 5.41) is 10.9. The van der Waals surface area contributed by atoms with E-state index in [1.807, 2.05) is 0 Å². The van der Waals surface area contributed by atoms with Gasteiger partial charge in [-0.2, -0.15) is 0 Å². The molecule has 0 unspecified atom stereocenters. The van der Waals surface area contributed by atoms with Crippen molar-refractivity contribution >= 4 is 27.1 Å². The number of hydrogen-bond donors (Lipinski definition) is 1. The Labute approximate surface area is 120 Å². The minimum absolute atomic E-state index is 0.0295. The lowest BCUT2D eigenvalue weighted by Crippen LogP contribution is -2.07. The van der Waals surface area contributed by atoms with E-state index in [0.29, 0.717) is 16.1 Å². The summed E-state index contributed by atoms with van der Waals surface area (Å²) in [5.41, 5.74) is 1.28. The van der Waals surface area contributed by atoms with E-state index in [4.69, 9.17) is 5.11 Å². The van der Waals surface area contributed by atoms with E-state index in [1.165, 1.54) is 16.7 Å². The highest BCUT2D eigenvalue weighted by Gasteiger charge is 2.16. The lowest BCUT2D eigenvalue weighted by atomic mass is 10.1. The summed E-state index contributed by atoms with van der Waals surface area (Å²) in [6.07, 6.45) is 0. The quantitative estimate of drug-likeness (QED) is 0.916. The first-order valence-corrected chi connectivity index (χ1v) is 8.60. The molecule has 0 spiro atoms. The van der Waals surface area contributed by atoms with E-state index < -0.39 is 15.8 Å². The van der Waals surface area contributed by atoms with Gasteiger partial charge in [0.15, 0.2) is 15.5 Å². The van der Waals surface area contributed by atoms with Crippen molar-refractivity contribution in [3.05, 3.63) is 40.9 Å². The molecule has 1 aromatic heterocycles. The third-order valence-electron chi connectivity index (χ3n) is 2.79. The topological polar surface area (TPSA) is 84.3 Å². The number of aromatic nitrogens is 1. The average molecular weight is 311 g/mol. The maximum Gasteiger partial charge on any atom is 0.355 e. The van der Waals surface area contributed by atoms with Crippen molar-refractivity contribution in [2.45, 2.75) is 12.7 Å². The van der Waals surface area contributed by atoms with E-state index in [0.717, 1.165) is 0 Å². The summed E-state index contributed by atoms with van der Waals surface area (Å²) in [6.45, 7) is 1.60. The highest BCUT2D eigenvalue weighted by atomic mass is 32.2. The minimum atomic E-state index is -3.15. The van der Waals surface area contributed by atoms with Gasteiger partial charge in [0, 0.05) is 16.7 Å². The average Bonchev–Trinajstić information content (AvgIpc) is 2.88. The third-order valence-corrected chi connectivity index (χ3v) is 5.29. The first kappa shape index (κ1) is 14.7. The molecule has 2 rings (SSSR count). The number of benzene rings is 1. The molecule has 1 heterocycles. The number of hydrogen-bond acceptors (Lipinski definition) is 5. The van der Waals surface area contributed by atoms with Gasteiger partial charge in [0.25, 0.3) is 0 Å². The number of carboxylic acids is 1. The maximum atomic E-state index is 11.8. The summed E-state index contributed by atoms with van der Waals surface area (Å²) in [6, 6.07) is 7.02. The Hall–Kier alpha value is -1.73. The Morgan fingerprint density at radius 1 is 1.35 bits per heavy atom. The number of carbonyl (C=O) groups is 1. The predicted molar refractivity (Wildman–Crippen MR) is 77.7 cm³/mol. The van der Waals surface area contributed by atoms with Crippen molar-refractivity contribution in [2.24, 2.45) is 0 Å². The van der Waals surface area contributed by atoms with Crippen LogP contribution in [0.2, 0.25) is 0 Å². The number of thiazole rings is 1. The molecule has 0 aliphatic heterocycles. The molecular weight excluding hydrogens is 298 g/mol. The zero-order valence-corrected chi connectivity index (χ0v) is 12.4. The van der Waals surface area contributed by atoms with Crippen molar-refractivity contribution in [2.75, 3.05) is 5.75 Å². The molecule has 5 nitrogen and oxygen atoms in total. The highest BCUT2D eigenvalue weighted by molar-refractivity contribution is 7.90. The maximum absolute atomic E-state index is 11.8. The molecular formula is C13H13NO4S2. The molecule has 0 fully saturated rings. The zero-order valence-electron chi connectivity index (χ0n) is 10.7. The number of aromatic carboxylic acids is 1. The molecule has 7 heteroatoms. The van der Waals surface area contributed by atoms with Crippen LogP contribution in [0.15, 0.2) is 29.6 Å². The largest absolute Gasteiger partial charge is 0.476 e. The van der Waals surface area contributed by atoms with Gasteiger partial charge in [-0.3, -0.25) is 0 Å². The number of rotatable bonds is 5. The van der Waals surface area contributed by atoms with E-state index in [2.05, 4.69) is 4.98 Å². The van der Waals surface area contributed by atoms with Gasteiger partial charge in [-0.05, 0) is 5.56 Å². The van der Waals surface area contributed by atoms with Crippen LogP contribution in [0.5, 0.6) is 0 Å². The fraction of sp³-hybridized carbons (Fsp3) is 0.231. The summed E-state index contributed by atoms with van der Waals surface area (Å²) in [5.74, 6) is -1.09.